The highest BCUT2D eigenvalue weighted by atomic mass is 32.1. The van der Waals surface area contributed by atoms with Gasteiger partial charge in [0.05, 0.1) is 0 Å². The standard InChI is InChI=1S/C14H13FN2S/c15-12-8-6-11(7-9-12)10-16-14(18)17-13-4-2-1-3-5-13/h1-9H,10H2,(H2,16,17,18). The Kier molecular flexibility index (Phi) is 4.25. The van der Waals surface area contributed by atoms with Crippen LogP contribution in [0.5, 0.6) is 0 Å². The minimum absolute atomic E-state index is 0.233. The lowest BCUT2D eigenvalue weighted by atomic mass is 10.2. The summed E-state index contributed by atoms with van der Waals surface area (Å²) < 4.78 is 12.7. The molecule has 4 heteroatoms. The molecule has 2 rings (SSSR count). The number of benzene rings is 2. The summed E-state index contributed by atoms with van der Waals surface area (Å²) in [6, 6.07) is 16.0. The van der Waals surface area contributed by atoms with Crippen molar-refractivity contribution in [2.45, 2.75) is 6.54 Å². The molecular weight excluding hydrogens is 247 g/mol. The van der Waals surface area contributed by atoms with Gasteiger partial charge in [0.2, 0.25) is 0 Å². The predicted molar refractivity (Wildman–Crippen MR) is 75.9 cm³/mol. The SMILES string of the molecule is Fc1ccc(CNC(=S)Nc2ccccc2)cc1. The quantitative estimate of drug-likeness (QED) is 0.828. The van der Waals surface area contributed by atoms with E-state index in [1.165, 1.54) is 12.1 Å². The van der Waals surface area contributed by atoms with Crippen LogP contribution in [0.2, 0.25) is 0 Å². The molecule has 0 amide bonds. The van der Waals surface area contributed by atoms with E-state index in [-0.39, 0.29) is 5.82 Å². The van der Waals surface area contributed by atoms with Crippen LogP contribution < -0.4 is 10.6 Å². The summed E-state index contributed by atoms with van der Waals surface area (Å²) in [5.74, 6) is -0.233. The molecule has 0 saturated carbocycles. The van der Waals surface area contributed by atoms with Gasteiger partial charge in [0.1, 0.15) is 5.82 Å². The highest BCUT2D eigenvalue weighted by molar-refractivity contribution is 7.80. The fourth-order valence-corrected chi connectivity index (χ4v) is 1.67. The minimum atomic E-state index is -0.233. The van der Waals surface area contributed by atoms with E-state index in [1.807, 2.05) is 30.3 Å². The average molecular weight is 260 g/mol. The Morgan fingerprint density at radius 2 is 1.67 bits per heavy atom. The minimum Gasteiger partial charge on any atom is -0.358 e. The molecule has 18 heavy (non-hydrogen) atoms. The van der Waals surface area contributed by atoms with E-state index < -0.39 is 0 Å². The van der Waals surface area contributed by atoms with E-state index in [0.29, 0.717) is 11.7 Å². The highest BCUT2D eigenvalue weighted by Gasteiger charge is 1.98. The van der Waals surface area contributed by atoms with E-state index in [1.54, 1.807) is 12.1 Å². The van der Waals surface area contributed by atoms with Gasteiger partial charge in [-0.05, 0) is 42.0 Å². The van der Waals surface area contributed by atoms with Crippen molar-refractivity contribution >= 4 is 23.0 Å². The molecule has 0 bridgehead atoms. The second-order valence-corrected chi connectivity index (χ2v) is 4.21. The predicted octanol–water partition coefficient (Wildman–Crippen LogP) is 3.31. The lowest BCUT2D eigenvalue weighted by Gasteiger charge is -2.10. The fourth-order valence-electron chi connectivity index (χ4n) is 1.48. The van der Waals surface area contributed by atoms with E-state index in [4.69, 9.17) is 12.2 Å². The number of thiocarbonyl (C=S) groups is 1. The van der Waals surface area contributed by atoms with Gasteiger partial charge in [0.25, 0.3) is 0 Å². The first-order valence-corrected chi connectivity index (χ1v) is 5.99. The Hall–Kier alpha value is -1.94. The summed E-state index contributed by atoms with van der Waals surface area (Å²) in [4.78, 5) is 0. The Morgan fingerprint density at radius 1 is 1.00 bits per heavy atom. The molecule has 0 fully saturated rings. The summed E-state index contributed by atoms with van der Waals surface area (Å²) in [6.45, 7) is 0.568. The van der Waals surface area contributed by atoms with E-state index in [0.717, 1.165) is 11.3 Å². The number of halogens is 1. The maximum Gasteiger partial charge on any atom is 0.171 e. The zero-order valence-corrected chi connectivity index (χ0v) is 10.5. The molecule has 2 N–H and O–H groups in total. The molecule has 0 heterocycles. The van der Waals surface area contributed by atoms with Crippen LogP contribution in [-0.2, 0) is 6.54 Å². The topological polar surface area (TPSA) is 24.1 Å². The van der Waals surface area contributed by atoms with Crippen molar-refractivity contribution in [3.05, 3.63) is 66.0 Å². The molecule has 0 aliphatic carbocycles. The molecule has 92 valence electrons. The second-order valence-electron chi connectivity index (χ2n) is 3.80. The Bertz CT molecular complexity index is 511. The molecule has 2 nitrogen and oxygen atoms in total. The van der Waals surface area contributed by atoms with Crippen molar-refractivity contribution in [3.8, 4) is 0 Å². The van der Waals surface area contributed by atoms with Gasteiger partial charge >= 0.3 is 0 Å². The summed E-state index contributed by atoms with van der Waals surface area (Å²) in [6.07, 6.45) is 0. The average Bonchev–Trinajstić information content (AvgIpc) is 2.39. The number of para-hydroxylation sites is 1. The number of nitrogens with one attached hydrogen (secondary N) is 2. The Labute approximate surface area is 111 Å². The van der Waals surface area contributed by atoms with Crippen molar-refractivity contribution < 1.29 is 4.39 Å². The van der Waals surface area contributed by atoms with E-state index >= 15 is 0 Å². The van der Waals surface area contributed by atoms with Crippen LogP contribution in [0.15, 0.2) is 54.6 Å². The monoisotopic (exact) mass is 260 g/mol. The van der Waals surface area contributed by atoms with Crippen LogP contribution >= 0.6 is 12.2 Å². The van der Waals surface area contributed by atoms with Crippen LogP contribution in [0.25, 0.3) is 0 Å². The number of rotatable bonds is 3. The largest absolute Gasteiger partial charge is 0.358 e. The summed E-state index contributed by atoms with van der Waals surface area (Å²) in [5.41, 5.74) is 1.92. The normalized spacial score (nSPS) is 9.83. The van der Waals surface area contributed by atoms with Crippen LogP contribution in [0.3, 0.4) is 0 Å². The first kappa shape index (κ1) is 12.5. The molecule has 0 aliphatic heterocycles. The zero-order chi connectivity index (χ0) is 12.8. The van der Waals surface area contributed by atoms with Crippen molar-refractivity contribution in [1.82, 2.24) is 5.32 Å². The Balaban J connectivity index is 1.83. The van der Waals surface area contributed by atoms with Gasteiger partial charge in [-0.25, -0.2) is 4.39 Å². The molecule has 2 aromatic carbocycles. The smallest absolute Gasteiger partial charge is 0.171 e. The van der Waals surface area contributed by atoms with Gasteiger partial charge in [-0.3, -0.25) is 0 Å². The molecule has 2 aromatic rings. The Morgan fingerprint density at radius 3 is 2.33 bits per heavy atom. The molecular formula is C14H13FN2S. The number of anilines is 1. The second kappa shape index (κ2) is 6.12. The summed E-state index contributed by atoms with van der Waals surface area (Å²) >= 11 is 5.16. The van der Waals surface area contributed by atoms with Crippen molar-refractivity contribution in [2.75, 3.05) is 5.32 Å². The third kappa shape index (κ3) is 3.82. The number of hydrogen-bond acceptors (Lipinski definition) is 1. The van der Waals surface area contributed by atoms with E-state index in [9.17, 15) is 4.39 Å². The van der Waals surface area contributed by atoms with Gasteiger partial charge in [-0.2, -0.15) is 0 Å². The third-order valence-electron chi connectivity index (χ3n) is 2.40. The molecule has 0 unspecified atom stereocenters. The number of hydrogen-bond donors (Lipinski definition) is 2. The van der Waals surface area contributed by atoms with Gasteiger partial charge in [-0.1, -0.05) is 30.3 Å². The van der Waals surface area contributed by atoms with Crippen LogP contribution in [0.4, 0.5) is 10.1 Å². The maximum absolute atomic E-state index is 12.7. The highest BCUT2D eigenvalue weighted by Crippen LogP contribution is 2.05. The molecule has 0 aromatic heterocycles. The van der Waals surface area contributed by atoms with Crippen LogP contribution in [0.1, 0.15) is 5.56 Å². The van der Waals surface area contributed by atoms with Crippen molar-refractivity contribution in [3.63, 3.8) is 0 Å². The molecule has 0 spiro atoms. The first-order valence-electron chi connectivity index (χ1n) is 5.58. The summed E-state index contributed by atoms with van der Waals surface area (Å²) in [5, 5.41) is 6.68. The van der Waals surface area contributed by atoms with Gasteiger partial charge in [0, 0.05) is 12.2 Å². The van der Waals surface area contributed by atoms with E-state index in [2.05, 4.69) is 10.6 Å². The van der Waals surface area contributed by atoms with Gasteiger partial charge < -0.3 is 10.6 Å². The molecule has 0 radical (unpaired) electrons. The van der Waals surface area contributed by atoms with Gasteiger partial charge in [-0.15, -0.1) is 0 Å². The lowest BCUT2D eigenvalue weighted by molar-refractivity contribution is 0.627. The first-order chi connectivity index (χ1) is 8.74. The van der Waals surface area contributed by atoms with Gasteiger partial charge in [0.15, 0.2) is 5.11 Å². The van der Waals surface area contributed by atoms with Crippen LogP contribution in [-0.4, -0.2) is 5.11 Å². The van der Waals surface area contributed by atoms with Crippen molar-refractivity contribution in [2.24, 2.45) is 0 Å². The lowest BCUT2D eigenvalue weighted by Crippen LogP contribution is -2.27. The fraction of sp³-hybridized carbons (Fsp3) is 0.0714. The summed E-state index contributed by atoms with van der Waals surface area (Å²) in [7, 11) is 0. The molecule has 0 aliphatic rings. The zero-order valence-electron chi connectivity index (χ0n) is 9.69. The van der Waals surface area contributed by atoms with Crippen LogP contribution in [0, 0.1) is 5.82 Å². The van der Waals surface area contributed by atoms with Crippen molar-refractivity contribution in [1.29, 1.82) is 0 Å². The maximum atomic E-state index is 12.7. The molecule has 0 atom stereocenters. The third-order valence-corrected chi connectivity index (χ3v) is 2.64. The molecule has 0 saturated heterocycles.